The number of halogens is 1. The molecule has 10 nitrogen and oxygen atoms in total. The van der Waals surface area contributed by atoms with E-state index in [4.69, 9.17) is 14.6 Å². The number of imidazole rings is 1. The van der Waals surface area contributed by atoms with E-state index in [1.54, 1.807) is 6.20 Å². The normalized spacial score (nSPS) is 21.4. The minimum atomic E-state index is -0.394. The quantitative estimate of drug-likeness (QED) is 0.487. The first-order valence-electron chi connectivity index (χ1n) is 13.8. The van der Waals surface area contributed by atoms with Crippen molar-refractivity contribution in [2.24, 2.45) is 5.92 Å². The molecule has 1 saturated carbocycles. The largest absolute Gasteiger partial charge is 0.473 e. The van der Waals surface area contributed by atoms with Gasteiger partial charge >= 0.3 is 0 Å². The smallest absolute Gasteiger partial charge is 0.241 e. The fraction of sp³-hybridized carbons (Fsp3) is 0.571. The molecule has 0 unspecified atom stereocenters. The van der Waals surface area contributed by atoms with E-state index in [9.17, 15) is 4.79 Å². The highest BCUT2D eigenvalue weighted by Gasteiger charge is 2.31. The molecule has 3 aliphatic rings. The summed E-state index contributed by atoms with van der Waals surface area (Å²) in [6.45, 7) is 11.2. The Morgan fingerprint density at radius 1 is 1.13 bits per heavy atom. The summed E-state index contributed by atoms with van der Waals surface area (Å²) in [5, 5.41) is 4.81. The Morgan fingerprint density at radius 2 is 1.90 bits per heavy atom. The Morgan fingerprint density at radius 3 is 2.54 bits per heavy atom. The van der Waals surface area contributed by atoms with Crippen molar-refractivity contribution in [3.05, 3.63) is 30.5 Å². The average Bonchev–Trinajstić information content (AvgIpc) is 3.48. The van der Waals surface area contributed by atoms with Gasteiger partial charge in [-0.2, -0.15) is 5.06 Å². The first-order chi connectivity index (χ1) is 18.6. The predicted octanol–water partition coefficient (Wildman–Crippen LogP) is 3.72. The van der Waals surface area contributed by atoms with Gasteiger partial charge in [0.05, 0.1) is 23.1 Å². The zero-order chi connectivity index (χ0) is 27.3. The highest BCUT2D eigenvalue weighted by molar-refractivity contribution is 5.85. The maximum atomic E-state index is 15.4. The van der Waals surface area contributed by atoms with Gasteiger partial charge in [0.2, 0.25) is 11.8 Å². The van der Waals surface area contributed by atoms with E-state index >= 15 is 4.39 Å². The van der Waals surface area contributed by atoms with E-state index in [0.29, 0.717) is 68.1 Å². The molecule has 0 aromatic carbocycles. The van der Waals surface area contributed by atoms with Gasteiger partial charge < -0.3 is 19.5 Å². The van der Waals surface area contributed by atoms with Crippen molar-refractivity contribution in [1.29, 1.82) is 0 Å². The Labute approximate surface area is 227 Å². The molecule has 3 fully saturated rings. The summed E-state index contributed by atoms with van der Waals surface area (Å²) in [5.41, 5.74) is 2.43. The zero-order valence-electron chi connectivity index (χ0n) is 23.0. The van der Waals surface area contributed by atoms with Crippen LogP contribution in [0.2, 0.25) is 0 Å². The summed E-state index contributed by atoms with van der Waals surface area (Å²) in [4.78, 5) is 33.6. The first-order valence-corrected chi connectivity index (χ1v) is 13.8. The lowest BCUT2D eigenvalue weighted by Crippen LogP contribution is -2.49. The van der Waals surface area contributed by atoms with E-state index in [0.717, 1.165) is 23.9 Å². The van der Waals surface area contributed by atoms with Gasteiger partial charge in [-0.3, -0.25) is 9.63 Å². The van der Waals surface area contributed by atoms with Gasteiger partial charge in [0.1, 0.15) is 11.6 Å². The number of nitrogens with zero attached hydrogens (tertiary/aromatic N) is 6. The highest BCUT2D eigenvalue weighted by atomic mass is 19.1. The van der Waals surface area contributed by atoms with Crippen LogP contribution in [-0.4, -0.2) is 74.9 Å². The van der Waals surface area contributed by atoms with E-state index in [2.05, 4.69) is 19.9 Å². The molecule has 3 aromatic heterocycles. The third-order valence-electron chi connectivity index (χ3n) is 7.49. The first kappa shape index (κ1) is 25.9. The minimum absolute atomic E-state index is 0.0371. The molecule has 6 rings (SSSR count). The lowest BCUT2D eigenvalue weighted by atomic mass is 10.0. The van der Waals surface area contributed by atoms with Gasteiger partial charge in [-0.1, -0.05) is 0 Å². The van der Waals surface area contributed by atoms with Crippen LogP contribution in [0.1, 0.15) is 53.0 Å². The number of aromatic nitrogens is 4. The van der Waals surface area contributed by atoms with Crippen molar-refractivity contribution >= 4 is 22.8 Å². The van der Waals surface area contributed by atoms with Gasteiger partial charge in [0, 0.05) is 62.9 Å². The molecule has 3 aromatic rings. The molecule has 0 radical (unpaired) electrons. The van der Waals surface area contributed by atoms with Crippen LogP contribution in [0.4, 0.5) is 10.2 Å². The number of carbonyl (C=O) groups excluding carboxylic acids is 1. The topological polar surface area (TPSA) is 97.6 Å². The van der Waals surface area contributed by atoms with Gasteiger partial charge in [-0.15, -0.1) is 0 Å². The molecule has 2 aliphatic heterocycles. The predicted molar refractivity (Wildman–Crippen MR) is 145 cm³/mol. The second kappa shape index (κ2) is 10.0. The molecule has 0 spiro atoms. The molecule has 1 aliphatic carbocycles. The maximum absolute atomic E-state index is 15.4. The van der Waals surface area contributed by atoms with Crippen LogP contribution in [0, 0.1) is 11.7 Å². The molecule has 2 saturated heterocycles. The molecule has 11 heteroatoms. The van der Waals surface area contributed by atoms with Crippen LogP contribution in [0.3, 0.4) is 0 Å². The molecular formula is C28H36FN7O3. The van der Waals surface area contributed by atoms with E-state index in [1.165, 1.54) is 6.07 Å². The Balaban J connectivity index is 1.26. The fourth-order valence-corrected chi connectivity index (χ4v) is 5.30. The van der Waals surface area contributed by atoms with Crippen molar-refractivity contribution in [2.45, 2.75) is 64.7 Å². The SMILES string of the molecule is C[C@@H](Oc1nc(-c2cnc(N3CCN(OC(C)(C)C)CC3)c(F)c2)cc2ncn(C3CC3)c12)[C@H]1CNC(=O)C1. The summed E-state index contributed by atoms with van der Waals surface area (Å²) < 4.78 is 23.9. The van der Waals surface area contributed by atoms with Gasteiger partial charge in [0.25, 0.3) is 0 Å². The van der Waals surface area contributed by atoms with Crippen LogP contribution < -0.4 is 15.0 Å². The van der Waals surface area contributed by atoms with Gasteiger partial charge in [0.15, 0.2) is 11.6 Å². The number of nitrogens with one attached hydrogen (secondary N) is 1. The van der Waals surface area contributed by atoms with Gasteiger partial charge in [-0.05, 0) is 52.7 Å². The zero-order valence-corrected chi connectivity index (χ0v) is 23.0. The van der Waals surface area contributed by atoms with Crippen molar-refractivity contribution < 1.29 is 18.8 Å². The number of fused-ring (bicyclic) bond motifs is 1. The molecule has 1 N–H and O–H groups in total. The van der Waals surface area contributed by atoms with Crippen LogP contribution in [-0.2, 0) is 9.63 Å². The number of anilines is 1. The van der Waals surface area contributed by atoms with Crippen LogP contribution >= 0.6 is 0 Å². The number of ether oxygens (including phenoxy) is 1. The number of hydrogen-bond donors (Lipinski definition) is 1. The number of hydrogen-bond acceptors (Lipinski definition) is 8. The Kier molecular flexibility index (Phi) is 6.66. The summed E-state index contributed by atoms with van der Waals surface area (Å²) in [6, 6.07) is 3.74. The molecule has 0 bridgehead atoms. The summed E-state index contributed by atoms with van der Waals surface area (Å²) in [6.07, 6.45) is 5.88. The van der Waals surface area contributed by atoms with Crippen molar-refractivity contribution in [2.75, 3.05) is 37.6 Å². The van der Waals surface area contributed by atoms with Crippen molar-refractivity contribution in [1.82, 2.24) is 29.9 Å². The van der Waals surface area contributed by atoms with Crippen LogP contribution in [0.5, 0.6) is 5.88 Å². The third kappa shape index (κ3) is 5.56. The minimum Gasteiger partial charge on any atom is -0.473 e. The number of pyridine rings is 2. The highest BCUT2D eigenvalue weighted by Crippen LogP contribution is 2.40. The summed E-state index contributed by atoms with van der Waals surface area (Å²) in [7, 11) is 0. The number of piperazine rings is 1. The van der Waals surface area contributed by atoms with Crippen molar-refractivity contribution in [3.8, 4) is 17.1 Å². The van der Waals surface area contributed by atoms with Crippen molar-refractivity contribution in [3.63, 3.8) is 0 Å². The second-order valence-electron chi connectivity index (χ2n) is 11.8. The third-order valence-corrected chi connectivity index (χ3v) is 7.49. The lowest BCUT2D eigenvalue weighted by Gasteiger charge is -2.37. The monoisotopic (exact) mass is 537 g/mol. The standard InChI is InChI=1S/C28H36FN7O3/c1-17(18-12-24(37)30-14-18)38-27-25-23(32-16-36(25)20-5-6-20)13-22(33-27)19-11-21(29)26(31-15-19)34-7-9-35(10-8-34)39-28(2,3)4/h11,13,15-18,20H,5-10,12,14H2,1-4H3,(H,30,37)/t17-,18-/m1/s1. The van der Waals surface area contributed by atoms with Crippen LogP contribution in [0.15, 0.2) is 24.7 Å². The number of hydroxylamine groups is 2. The molecule has 208 valence electrons. The van der Waals surface area contributed by atoms with Crippen LogP contribution in [0.25, 0.3) is 22.3 Å². The summed E-state index contributed by atoms with van der Waals surface area (Å²) in [5.74, 6) is 0.488. The number of amides is 1. The molecule has 2 atom stereocenters. The number of rotatable bonds is 7. The maximum Gasteiger partial charge on any atom is 0.241 e. The second-order valence-corrected chi connectivity index (χ2v) is 11.8. The Bertz CT molecular complexity index is 1380. The average molecular weight is 538 g/mol. The van der Waals surface area contributed by atoms with E-state index in [-0.39, 0.29) is 23.5 Å². The number of carbonyl (C=O) groups is 1. The van der Waals surface area contributed by atoms with Gasteiger partial charge in [-0.25, -0.2) is 19.3 Å². The lowest BCUT2D eigenvalue weighted by molar-refractivity contribution is -0.230. The van der Waals surface area contributed by atoms with E-state index in [1.807, 2.05) is 50.1 Å². The molecule has 1 amide bonds. The molecule has 5 heterocycles. The summed E-state index contributed by atoms with van der Waals surface area (Å²) >= 11 is 0. The molecular weight excluding hydrogens is 501 g/mol. The van der Waals surface area contributed by atoms with E-state index < -0.39 is 5.82 Å². The molecule has 39 heavy (non-hydrogen) atoms. The Hall–Kier alpha value is -3.31. The fourth-order valence-electron chi connectivity index (χ4n) is 5.30.